The lowest BCUT2D eigenvalue weighted by atomic mass is 10.0. The highest BCUT2D eigenvalue weighted by Gasteiger charge is 2.44. The van der Waals surface area contributed by atoms with Crippen LogP contribution in [0, 0.1) is 6.92 Å². The summed E-state index contributed by atoms with van der Waals surface area (Å²) in [5.74, 6) is 0.412. The molecule has 6 nitrogen and oxygen atoms in total. The Bertz CT molecular complexity index is 1050. The SMILES string of the molecule is CCCSc1nc([O-])c2[n+](n1)C(c1sccc1C)N(C(C)=O)c1ccccc1-2. The summed E-state index contributed by atoms with van der Waals surface area (Å²) in [6, 6.07) is 9.47. The number of carbonyl (C=O) groups excluding carboxylic acids is 1. The summed E-state index contributed by atoms with van der Waals surface area (Å²) >= 11 is 3.02. The van der Waals surface area contributed by atoms with Gasteiger partial charge in [-0.15, -0.1) is 11.3 Å². The Morgan fingerprint density at radius 1 is 1.36 bits per heavy atom. The fourth-order valence-electron chi connectivity index (χ4n) is 3.42. The van der Waals surface area contributed by atoms with E-state index < -0.39 is 6.17 Å². The number of hydrogen-bond acceptors (Lipinski definition) is 6. The van der Waals surface area contributed by atoms with E-state index in [1.165, 1.54) is 11.8 Å². The number of fused-ring (bicyclic) bond motifs is 3. The van der Waals surface area contributed by atoms with Crippen LogP contribution in [-0.4, -0.2) is 21.7 Å². The van der Waals surface area contributed by atoms with Crippen LogP contribution in [0.25, 0.3) is 11.3 Å². The highest BCUT2D eigenvalue weighted by molar-refractivity contribution is 7.99. The molecule has 144 valence electrons. The molecule has 0 radical (unpaired) electrons. The minimum absolute atomic E-state index is 0.0998. The molecular formula is C20H20N4O2S2. The molecular weight excluding hydrogens is 392 g/mol. The maximum atomic E-state index is 13.0. The minimum Gasteiger partial charge on any atom is -0.854 e. The first-order valence-corrected chi connectivity index (χ1v) is 11.0. The van der Waals surface area contributed by atoms with Crippen LogP contribution in [0.1, 0.15) is 36.9 Å². The van der Waals surface area contributed by atoms with Gasteiger partial charge in [0.15, 0.2) is 0 Å². The lowest BCUT2D eigenvalue weighted by molar-refractivity contribution is -0.763. The number of hydrogen-bond donors (Lipinski definition) is 0. The van der Waals surface area contributed by atoms with Crippen molar-refractivity contribution in [2.45, 2.75) is 38.5 Å². The summed E-state index contributed by atoms with van der Waals surface area (Å²) in [7, 11) is 0. The van der Waals surface area contributed by atoms with E-state index in [2.05, 4.69) is 11.9 Å². The third-order valence-corrected chi connectivity index (χ3v) is 6.73. The predicted octanol–water partition coefficient (Wildman–Crippen LogP) is 3.29. The first-order valence-electron chi connectivity index (χ1n) is 9.09. The molecule has 28 heavy (non-hydrogen) atoms. The number of anilines is 1. The molecule has 0 saturated carbocycles. The molecule has 0 N–H and O–H groups in total. The van der Waals surface area contributed by atoms with Crippen molar-refractivity contribution in [3.63, 3.8) is 0 Å². The van der Waals surface area contributed by atoms with Crippen molar-refractivity contribution in [2.75, 3.05) is 10.7 Å². The number of aryl methyl sites for hydroxylation is 1. The highest BCUT2D eigenvalue weighted by Crippen LogP contribution is 2.42. The van der Waals surface area contributed by atoms with Gasteiger partial charge >= 0.3 is 6.17 Å². The van der Waals surface area contributed by atoms with Gasteiger partial charge in [-0.1, -0.05) is 35.5 Å². The van der Waals surface area contributed by atoms with Crippen molar-refractivity contribution in [1.29, 1.82) is 0 Å². The second kappa shape index (κ2) is 7.52. The van der Waals surface area contributed by atoms with Crippen LogP contribution in [0.2, 0.25) is 0 Å². The molecule has 0 fully saturated rings. The first-order chi connectivity index (χ1) is 13.5. The van der Waals surface area contributed by atoms with Crippen LogP contribution in [0.5, 0.6) is 5.88 Å². The second-order valence-electron chi connectivity index (χ2n) is 6.59. The molecule has 1 unspecified atom stereocenters. The van der Waals surface area contributed by atoms with Gasteiger partial charge in [-0.05, 0) is 42.5 Å². The van der Waals surface area contributed by atoms with E-state index >= 15 is 0 Å². The van der Waals surface area contributed by atoms with E-state index in [9.17, 15) is 9.90 Å². The Balaban J connectivity index is 2.02. The standard InChI is InChI=1S/C20H20N4O2S2/c1-4-10-28-20-21-18(26)16-14-7-5-6-8-15(14)23(13(3)25)19(24(16)22-20)17-12(2)9-11-27-17/h5-9,11,19H,4,10H2,1-3H3. The average molecular weight is 413 g/mol. The van der Waals surface area contributed by atoms with Gasteiger partial charge in [0.2, 0.25) is 5.91 Å². The van der Waals surface area contributed by atoms with Crippen molar-refractivity contribution >= 4 is 34.7 Å². The van der Waals surface area contributed by atoms with Crippen molar-refractivity contribution in [3.05, 3.63) is 46.2 Å². The molecule has 1 atom stereocenters. The molecule has 1 aliphatic rings. The van der Waals surface area contributed by atoms with Gasteiger partial charge in [0.05, 0.1) is 17.1 Å². The summed E-state index contributed by atoms with van der Waals surface area (Å²) in [5, 5.41) is 20.1. The number of benzene rings is 1. The molecule has 3 heterocycles. The van der Waals surface area contributed by atoms with Crippen molar-refractivity contribution in [3.8, 4) is 17.1 Å². The van der Waals surface area contributed by atoms with Crippen LogP contribution in [0.4, 0.5) is 5.69 Å². The molecule has 1 amide bonds. The van der Waals surface area contributed by atoms with Gasteiger partial charge in [-0.3, -0.25) is 4.79 Å². The number of rotatable bonds is 4. The molecule has 0 aliphatic carbocycles. The zero-order valence-electron chi connectivity index (χ0n) is 15.9. The van der Waals surface area contributed by atoms with Crippen LogP contribution >= 0.6 is 23.1 Å². The number of para-hydroxylation sites is 1. The van der Waals surface area contributed by atoms with Crippen molar-refractivity contribution in [2.24, 2.45) is 0 Å². The molecule has 2 aromatic heterocycles. The summed E-state index contributed by atoms with van der Waals surface area (Å²) < 4.78 is 1.69. The average Bonchev–Trinajstić information content (AvgIpc) is 3.10. The Morgan fingerprint density at radius 3 is 2.82 bits per heavy atom. The van der Waals surface area contributed by atoms with Crippen molar-refractivity contribution in [1.82, 2.24) is 10.1 Å². The fraction of sp³-hybridized carbons (Fsp3) is 0.300. The summed E-state index contributed by atoms with van der Waals surface area (Å²) in [5.41, 5.74) is 2.88. The maximum absolute atomic E-state index is 13.0. The monoisotopic (exact) mass is 412 g/mol. The number of carbonyl (C=O) groups is 1. The highest BCUT2D eigenvalue weighted by atomic mass is 32.2. The van der Waals surface area contributed by atoms with Gasteiger partial charge < -0.3 is 5.11 Å². The van der Waals surface area contributed by atoms with Crippen LogP contribution < -0.4 is 14.7 Å². The molecule has 8 heteroatoms. The van der Waals surface area contributed by atoms with E-state index in [4.69, 9.17) is 5.10 Å². The lowest BCUT2D eigenvalue weighted by Gasteiger charge is -2.32. The maximum Gasteiger partial charge on any atom is 0.302 e. The van der Waals surface area contributed by atoms with Crippen LogP contribution in [0.3, 0.4) is 0 Å². The Morgan fingerprint density at radius 2 is 2.14 bits per heavy atom. The number of nitrogens with zero attached hydrogens (tertiary/aromatic N) is 4. The van der Waals surface area contributed by atoms with Gasteiger partial charge in [-0.2, -0.15) is 0 Å². The zero-order chi connectivity index (χ0) is 19.8. The summed E-state index contributed by atoms with van der Waals surface area (Å²) in [6.45, 7) is 5.63. The quantitative estimate of drug-likeness (QED) is 0.486. The van der Waals surface area contributed by atoms with E-state index in [0.29, 0.717) is 22.1 Å². The van der Waals surface area contributed by atoms with Gasteiger partial charge in [0, 0.05) is 17.8 Å². The number of amides is 1. The van der Waals surface area contributed by atoms with Gasteiger partial charge in [0.1, 0.15) is 4.88 Å². The molecule has 1 aliphatic heterocycles. The van der Waals surface area contributed by atoms with Crippen LogP contribution in [0.15, 0.2) is 40.9 Å². The Kier molecular flexibility index (Phi) is 5.07. The molecule has 1 aromatic carbocycles. The summed E-state index contributed by atoms with van der Waals surface area (Å²) in [6.07, 6.45) is 0.457. The van der Waals surface area contributed by atoms with Gasteiger partial charge in [0.25, 0.3) is 10.9 Å². The normalized spacial score (nSPS) is 15.2. The number of thioether (sulfide) groups is 1. The molecule has 0 spiro atoms. The number of aromatic nitrogens is 3. The Labute approximate surface area is 171 Å². The largest absolute Gasteiger partial charge is 0.854 e. The van der Waals surface area contributed by atoms with Crippen LogP contribution in [-0.2, 0) is 4.79 Å². The van der Waals surface area contributed by atoms with E-state index in [1.807, 2.05) is 42.6 Å². The van der Waals surface area contributed by atoms with Crippen molar-refractivity contribution < 1.29 is 14.6 Å². The topological polar surface area (TPSA) is 73.0 Å². The fourth-order valence-corrected chi connectivity index (χ4v) is 5.10. The summed E-state index contributed by atoms with van der Waals surface area (Å²) in [4.78, 5) is 19.6. The third kappa shape index (κ3) is 3.06. The number of thiophene rings is 1. The predicted molar refractivity (Wildman–Crippen MR) is 108 cm³/mol. The van der Waals surface area contributed by atoms with E-state index in [0.717, 1.165) is 22.6 Å². The lowest BCUT2D eigenvalue weighted by Crippen LogP contribution is -2.58. The third-order valence-electron chi connectivity index (χ3n) is 4.63. The zero-order valence-corrected chi connectivity index (χ0v) is 17.5. The van der Waals surface area contributed by atoms with E-state index in [1.54, 1.807) is 27.8 Å². The first kappa shape index (κ1) is 18.9. The molecule has 0 saturated heterocycles. The second-order valence-corrected chi connectivity index (χ2v) is 8.60. The minimum atomic E-state index is -0.501. The Hall–Kier alpha value is -2.45. The van der Waals surface area contributed by atoms with Gasteiger partial charge in [-0.25, -0.2) is 9.88 Å². The smallest absolute Gasteiger partial charge is 0.302 e. The van der Waals surface area contributed by atoms with E-state index in [-0.39, 0.29) is 11.8 Å². The molecule has 4 rings (SSSR count). The molecule has 0 bridgehead atoms. The molecule has 3 aromatic rings.